The van der Waals surface area contributed by atoms with E-state index in [1.165, 1.54) is 12.1 Å². The largest absolute Gasteiger partial charge is 0.481 e. The topological polar surface area (TPSA) is 149 Å². The summed E-state index contributed by atoms with van der Waals surface area (Å²) < 4.78 is 15.6. The van der Waals surface area contributed by atoms with Gasteiger partial charge in [-0.1, -0.05) is 80.6 Å². The van der Waals surface area contributed by atoms with E-state index < -0.39 is 36.6 Å². The first-order valence-electron chi connectivity index (χ1n) is 18.5. The second kappa shape index (κ2) is 21.3. The quantitative estimate of drug-likeness (QED) is 0.0838. The van der Waals surface area contributed by atoms with E-state index >= 15 is 0 Å². The Morgan fingerprint density at radius 3 is 2.06 bits per heavy atom. The van der Waals surface area contributed by atoms with Crippen molar-refractivity contribution in [2.45, 2.75) is 96.9 Å². The van der Waals surface area contributed by atoms with E-state index in [1.54, 1.807) is 24.3 Å². The summed E-state index contributed by atoms with van der Waals surface area (Å²) in [5.74, 6) is -1.19. The molecule has 4 aromatic rings. The summed E-state index contributed by atoms with van der Waals surface area (Å²) in [7, 11) is 0. The smallest absolute Gasteiger partial charge is 0.326 e. The molecule has 0 spiro atoms. The van der Waals surface area contributed by atoms with Gasteiger partial charge in [0.05, 0.1) is 18.6 Å². The van der Waals surface area contributed by atoms with Crippen LogP contribution in [0.15, 0.2) is 84.9 Å². The minimum absolute atomic E-state index is 0. The van der Waals surface area contributed by atoms with E-state index in [0.29, 0.717) is 18.3 Å². The number of amides is 1. The molecule has 0 saturated heterocycles. The van der Waals surface area contributed by atoms with Crippen molar-refractivity contribution in [2.24, 2.45) is 17.8 Å². The maximum absolute atomic E-state index is 13.5. The molecule has 1 aliphatic carbocycles. The zero-order valence-corrected chi connectivity index (χ0v) is 34.0. The van der Waals surface area contributed by atoms with E-state index in [4.69, 9.17) is 5.11 Å². The number of carboxylic acids is 2. The zero-order valence-electron chi connectivity index (χ0n) is 32.0. The van der Waals surface area contributed by atoms with Crippen molar-refractivity contribution in [1.29, 1.82) is 0 Å². The molecule has 1 fully saturated rings. The number of nitrogens with one attached hydrogen (secondary N) is 1. The molecule has 1 amide bonds. The van der Waals surface area contributed by atoms with Crippen LogP contribution in [-0.2, 0) is 20.8 Å². The van der Waals surface area contributed by atoms with Crippen LogP contribution >= 0.6 is 0 Å². The summed E-state index contributed by atoms with van der Waals surface area (Å²) >= 11 is 0. The number of benzene rings is 3. The van der Waals surface area contributed by atoms with E-state index in [9.17, 15) is 34.1 Å². The van der Waals surface area contributed by atoms with Crippen molar-refractivity contribution in [2.75, 3.05) is 0 Å². The normalized spacial score (nSPS) is 17.4. The van der Waals surface area contributed by atoms with Gasteiger partial charge in [-0.15, -0.1) is 0 Å². The molecule has 5 N–H and O–H groups in total. The Hall–Kier alpha value is -3.80. The van der Waals surface area contributed by atoms with Gasteiger partial charge < -0.3 is 30.3 Å². The summed E-state index contributed by atoms with van der Waals surface area (Å²) in [6.45, 7) is 8.58. The van der Waals surface area contributed by atoms with Crippen LogP contribution in [0.1, 0.15) is 83.5 Å². The summed E-state index contributed by atoms with van der Waals surface area (Å²) in [5, 5.41) is 42.0. The number of hydrogen-bond donors (Lipinski definition) is 5. The van der Waals surface area contributed by atoms with E-state index in [0.717, 1.165) is 59.0 Å². The first-order chi connectivity index (χ1) is 25.2. The third-order valence-corrected chi connectivity index (χ3v) is 9.98. The number of hydrogen-bond acceptors (Lipinski definition) is 5. The first kappa shape index (κ1) is 44.6. The van der Waals surface area contributed by atoms with Crippen molar-refractivity contribution in [1.82, 2.24) is 9.88 Å². The summed E-state index contributed by atoms with van der Waals surface area (Å²) in [5.41, 5.74) is 4.57. The second-order valence-electron chi connectivity index (χ2n) is 14.6. The molecular formula is C43H53FN2NaO7. The van der Waals surface area contributed by atoms with Gasteiger partial charge in [0.1, 0.15) is 11.9 Å². The summed E-state index contributed by atoms with van der Waals surface area (Å²) in [4.78, 5) is 34.6. The van der Waals surface area contributed by atoms with Crippen LogP contribution in [-0.4, -0.2) is 90.6 Å². The number of aliphatic hydroxyl groups is 2. The predicted octanol–water partition coefficient (Wildman–Crippen LogP) is 7.51. The Morgan fingerprint density at radius 1 is 0.870 bits per heavy atom. The number of carbonyl (C=O) groups is 3. The zero-order chi connectivity index (χ0) is 38.7. The van der Waals surface area contributed by atoms with Crippen LogP contribution in [0.3, 0.4) is 0 Å². The first-order valence-corrected chi connectivity index (χ1v) is 18.5. The van der Waals surface area contributed by atoms with Gasteiger partial charge in [-0.25, -0.2) is 9.18 Å². The Balaban J connectivity index is 0.000000295. The molecule has 0 bridgehead atoms. The maximum atomic E-state index is 13.5. The molecule has 3 atom stereocenters. The van der Waals surface area contributed by atoms with Crippen LogP contribution in [0.2, 0.25) is 0 Å². The van der Waals surface area contributed by atoms with Gasteiger partial charge in [0.25, 0.3) is 0 Å². The molecule has 285 valence electrons. The SMILES string of the molecule is CC(C)C1CCC(C(=O)N[C@H](Cc2ccccc2)C(=O)O)CC1.CC(C)n1c(/C=C/[C@H](O)C[C@H](O)CC(=O)O)c(-c2ccc(F)cc2)c2ccccc21.[Na]. The molecule has 1 saturated carbocycles. The monoisotopic (exact) mass is 751 g/mol. The number of aliphatic carboxylic acids is 2. The number of carboxylic acid groups (broad SMARTS) is 2. The Kier molecular flexibility index (Phi) is 17.6. The molecule has 1 heterocycles. The van der Waals surface area contributed by atoms with Crippen molar-refractivity contribution < 1.29 is 39.2 Å². The van der Waals surface area contributed by atoms with Gasteiger partial charge in [-0.05, 0) is 86.8 Å². The third-order valence-electron chi connectivity index (χ3n) is 9.98. The number of carbonyl (C=O) groups excluding carboxylic acids is 1. The van der Waals surface area contributed by atoms with E-state index in [2.05, 4.69) is 37.6 Å². The van der Waals surface area contributed by atoms with Crippen LogP contribution in [0.25, 0.3) is 28.1 Å². The number of aromatic nitrogens is 1. The molecule has 9 nitrogen and oxygen atoms in total. The molecule has 3 aromatic carbocycles. The number of para-hydroxylation sites is 1. The van der Waals surface area contributed by atoms with Gasteiger partial charge in [-0.3, -0.25) is 9.59 Å². The van der Waals surface area contributed by atoms with Crippen LogP contribution in [0.4, 0.5) is 4.39 Å². The Morgan fingerprint density at radius 2 is 1.48 bits per heavy atom. The molecule has 5 rings (SSSR count). The molecule has 54 heavy (non-hydrogen) atoms. The molecule has 1 aromatic heterocycles. The fraction of sp³-hybridized carbons (Fsp3) is 0.419. The van der Waals surface area contributed by atoms with Crippen molar-refractivity contribution in [3.05, 3.63) is 102 Å². The predicted molar refractivity (Wildman–Crippen MR) is 211 cm³/mol. The van der Waals surface area contributed by atoms with Crippen LogP contribution in [0.5, 0.6) is 0 Å². The number of aliphatic hydroxyl groups excluding tert-OH is 2. The second-order valence-corrected chi connectivity index (χ2v) is 14.6. The van der Waals surface area contributed by atoms with Crippen molar-refractivity contribution in [3.8, 4) is 11.1 Å². The van der Waals surface area contributed by atoms with E-state index in [-0.39, 0.29) is 59.7 Å². The third kappa shape index (κ3) is 12.6. The van der Waals surface area contributed by atoms with E-state index in [1.807, 2.05) is 54.6 Å². The standard InChI is InChI=1S/C24H26FNO4.C19H27NO3.Na/c1-15(2)26-21-6-4-3-5-20(21)24(16-7-9-17(25)10-8-16)22(26)12-11-18(27)13-19(28)14-23(29)30;1-13(2)15-8-10-16(11-9-15)18(21)20-17(19(22)23)12-14-6-4-3-5-7-14;/h3-12,15,18-19,27-28H,13-14H2,1-2H3,(H,29,30);3-7,13,15-17H,8-12H2,1-2H3,(H,20,21)(H,22,23);/b12-11+;;/t18-,19-;15?,16?,17-;/m01./s1. The molecule has 1 aliphatic rings. The fourth-order valence-corrected chi connectivity index (χ4v) is 7.16. The van der Waals surface area contributed by atoms with Gasteiger partial charge >= 0.3 is 11.9 Å². The molecular weight excluding hydrogens is 698 g/mol. The molecule has 11 heteroatoms. The Labute approximate surface area is 339 Å². The number of fused-ring (bicyclic) bond motifs is 1. The summed E-state index contributed by atoms with van der Waals surface area (Å²) in [6.07, 6.45) is 4.91. The maximum Gasteiger partial charge on any atom is 0.326 e. The molecule has 0 aliphatic heterocycles. The average Bonchev–Trinajstić information content (AvgIpc) is 3.45. The van der Waals surface area contributed by atoms with Gasteiger partial charge in [0, 0.05) is 76.5 Å². The Bertz CT molecular complexity index is 1830. The van der Waals surface area contributed by atoms with Gasteiger partial charge in [0.15, 0.2) is 0 Å². The fourth-order valence-electron chi connectivity index (χ4n) is 7.16. The molecule has 1 radical (unpaired) electrons. The van der Waals surface area contributed by atoms with Gasteiger partial charge in [0.2, 0.25) is 5.91 Å². The minimum atomic E-state index is -1.13. The number of rotatable bonds is 14. The van der Waals surface area contributed by atoms with Crippen LogP contribution in [0, 0.1) is 23.6 Å². The number of halogens is 1. The summed E-state index contributed by atoms with van der Waals surface area (Å²) in [6, 6.07) is 22.9. The minimum Gasteiger partial charge on any atom is -0.481 e. The number of nitrogens with zero attached hydrogens (tertiary/aromatic N) is 1. The van der Waals surface area contributed by atoms with Gasteiger partial charge in [-0.2, -0.15) is 0 Å². The molecule has 0 unspecified atom stereocenters. The average molecular weight is 752 g/mol. The van der Waals surface area contributed by atoms with Crippen molar-refractivity contribution in [3.63, 3.8) is 0 Å². The van der Waals surface area contributed by atoms with Crippen LogP contribution < -0.4 is 5.32 Å². The van der Waals surface area contributed by atoms with Crippen molar-refractivity contribution >= 4 is 64.4 Å².